The second-order valence-corrected chi connectivity index (χ2v) is 5.13. The zero-order valence-corrected chi connectivity index (χ0v) is 12.0. The fraction of sp³-hybridized carbons (Fsp3) is 0.267. The predicted octanol–water partition coefficient (Wildman–Crippen LogP) is 2.61. The first-order valence-corrected chi connectivity index (χ1v) is 7.27. The normalized spacial score (nSPS) is 11.9. The van der Waals surface area contributed by atoms with Crippen molar-refractivity contribution in [1.29, 1.82) is 0 Å². The van der Waals surface area contributed by atoms with E-state index in [2.05, 4.69) is 5.32 Å². The summed E-state index contributed by atoms with van der Waals surface area (Å²) in [6.45, 7) is 0.424. The third-order valence-corrected chi connectivity index (χ3v) is 3.66. The van der Waals surface area contributed by atoms with Gasteiger partial charge in [0.25, 0.3) is 5.91 Å². The van der Waals surface area contributed by atoms with Crippen molar-refractivity contribution in [1.82, 2.24) is 5.32 Å². The molecule has 1 atom stereocenters. The number of aliphatic hydroxyl groups is 1. The highest BCUT2D eigenvalue weighted by molar-refractivity contribution is 7.07. The average Bonchev–Trinajstić information content (AvgIpc) is 3.01. The van der Waals surface area contributed by atoms with Crippen LogP contribution >= 0.6 is 11.3 Å². The number of hydrogen-bond acceptors (Lipinski definition) is 4. The first kappa shape index (κ1) is 14.6. The zero-order chi connectivity index (χ0) is 14.4. The molecule has 0 unspecified atom stereocenters. The van der Waals surface area contributed by atoms with Gasteiger partial charge in [-0.05, 0) is 47.0 Å². The molecule has 1 heterocycles. The molecule has 0 saturated carbocycles. The first-order chi connectivity index (χ1) is 9.70. The largest absolute Gasteiger partial charge is 0.497 e. The van der Waals surface area contributed by atoms with Gasteiger partial charge in [0.1, 0.15) is 5.75 Å². The quantitative estimate of drug-likeness (QED) is 0.860. The highest BCUT2D eigenvalue weighted by Gasteiger charge is 2.10. The Balaban J connectivity index is 1.83. The number of thiophene rings is 1. The Bertz CT molecular complexity index is 554. The maximum atomic E-state index is 11.9. The molecular formula is C15H17NO3S. The van der Waals surface area contributed by atoms with Crippen molar-refractivity contribution in [3.8, 4) is 5.75 Å². The molecule has 0 radical (unpaired) electrons. The van der Waals surface area contributed by atoms with Gasteiger partial charge < -0.3 is 15.2 Å². The number of carbonyl (C=O) groups is 1. The second-order valence-electron chi connectivity index (χ2n) is 4.35. The van der Waals surface area contributed by atoms with Crippen LogP contribution in [0.25, 0.3) is 0 Å². The smallest absolute Gasteiger partial charge is 0.251 e. The van der Waals surface area contributed by atoms with Crippen LogP contribution in [0.3, 0.4) is 0 Å². The van der Waals surface area contributed by atoms with Crippen LogP contribution in [0.1, 0.15) is 28.4 Å². The first-order valence-electron chi connectivity index (χ1n) is 6.33. The summed E-state index contributed by atoms with van der Waals surface area (Å²) in [4.78, 5) is 11.9. The highest BCUT2D eigenvalue weighted by atomic mass is 32.1. The Morgan fingerprint density at radius 3 is 3.00 bits per heavy atom. The highest BCUT2D eigenvalue weighted by Crippen LogP contribution is 2.18. The van der Waals surface area contributed by atoms with E-state index in [1.54, 1.807) is 42.7 Å². The van der Waals surface area contributed by atoms with Gasteiger partial charge in [0.15, 0.2) is 0 Å². The minimum Gasteiger partial charge on any atom is -0.497 e. The molecule has 2 aromatic rings. The van der Waals surface area contributed by atoms with E-state index in [-0.39, 0.29) is 5.91 Å². The van der Waals surface area contributed by atoms with E-state index in [1.165, 1.54) is 0 Å². The van der Waals surface area contributed by atoms with Gasteiger partial charge in [-0.15, -0.1) is 0 Å². The number of amides is 1. The Morgan fingerprint density at radius 1 is 1.45 bits per heavy atom. The number of hydrogen-bond donors (Lipinski definition) is 2. The lowest BCUT2D eigenvalue weighted by molar-refractivity contribution is 0.0942. The zero-order valence-electron chi connectivity index (χ0n) is 11.2. The molecule has 0 aliphatic heterocycles. The summed E-state index contributed by atoms with van der Waals surface area (Å²) < 4.78 is 5.08. The summed E-state index contributed by atoms with van der Waals surface area (Å²) in [5, 5.41) is 16.5. The Kier molecular flexibility index (Phi) is 5.15. The van der Waals surface area contributed by atoms with Crippen LogP contribution in [0.15, 0.2) is 41.1 Å². The van der Waals surface area contributed by atoms with Gasteiger partial charge in [0.2, 0.25) is 0 Å². The summed E-state index contributed by atoms with van der Waals surface area (Å²) in [5.74, 6) is 0.484. The summed E-state index contributed by atoms with van der Waals surface area (Å²) in [7, 11) is 1.56. The van der Waals surface area contributed by atoms with Gasteiger partial charge in [-0.2, -0.15) is 11.3 Å². The maximum Gasteiger partial charge on any atom is 0.251 e. The lowest BCUT2D eigenvalue weighted by atomic mass is 10.1. The van der Waals surface area contributed by atoms with E-state index < -0.39 is 6.10 Å². The van der Waals surface area contributed by atoms with Crippen LogP contribution < -0.4 is 10.1 Å². The van der Waals surface area contributed by atoms with Gasteiger partial charge in [0.05, 0.1) is 13.2 Å². The molecule has 2 N–H and O–H groups in total. The van der Waals surface area contributed by atoms with Crippen LogP contribution in [0.2, 0.25) is 0 Å². The molecule has 20 heavy (non-hydrogen) atoms. The van der Waals surface area contributed by atoms with E-state index >= 15 is 0 Å². The van der Waals surface area contributed by atoms with E-state index in [9.17, 15) is 9.90 Å². The van der Waals surface area contributed by atoms with E-state index in [4.69, 9.17) is 4.74 Å². The molecule has 5 heteroatoms. The van der Waals surface area contributed by atoms with Gasteiger partial charge >= 0.3 is 0 Å². The third kappa shape index (κ3) is 3.82. The summed E-state index contributed by atoms with van der Waals surface area (Å²) in [6.07, 6.45) is -0.0428. The van der Waals surface area contributed by atoms with Gasteiger partial charge in [-0.1, -0.05) is 6.07 Å². The van der Waals surface area contributed by atoms with Gasteiger partial charge in [0, 0.05) is 12.1 Å². The van der Waals surface area contributed by atoms with Gasteiger partial charge in [-0.3, -0.25) is 4.79 Å². The second kappa shape index (κ2) is 7.07. The molecule has 0 bridgehead atoms. The van der Waals surface area contributed by atoms with Crippen molar-refractivity contribution in [3.63, 3.8) is 0 Å². The minimum atomic E-state index is -0.535. The molecule has 2 rings (SSSR count). The Morgan fingerprint density at radius 2 is 2.30 bits per heavy atom. The fourth-order valence-electron chi connectivity index (χ4n) is 1.82. The topological polar surface area (TPSA) is 58.6 Å². The number of methoxy groups -OCH3 is 1. The molecule has 0 aliphatic rings. The maximum absolute atomic E-state index is 11.9. The molecule has 1 aromatic heterocycles. The molecule has 0 saturated heterocycles. The van der Waals surface area contributed by atoms with Crippen LogP contribution in [-0.2, 0) is 0 Å². The Labute approximate surface area is 122 Å². The molecule has 1 amide bonds. The van der Waals surface area contributed by atoms with Crippen molar-refractivity contribution < 1.29 is 14.6 Å². The summed E-state index contributed by atoms with van der Waals surface area (Å²) >= 11 is 1.55. The SMILES string of the molecule is COc1cccc(C(=O)NCC[C@@H](O)c2ccsc2)c1. The minimum absolute atomic E-state index is 0.165. The van der Waals surface area contributed by atoms with Gasteiger partial charge in [-0.25, -0.2) is 0 Å². The molecule has 0 aliphatic carbocycles. The Hall–Kier alpha value is -1.85. The van der Waals surface area contributed by atoms with E-state index in [0.717, 1.165) is 5.56 Å². The average molecular weight is 291 g/mol. The van der Waals surface area contributed by atoms with Crippen LogP contribution in [0.5, 0.6) is 5.75 Å². The van der Waals surface area contributed by atoms with E-state index in [1.807, 2.05) is 16.8 Å². The van der Waals surface area contributed by atoms with Crippen molar-refractivity contribution in [2.75, 3.05) is 13.7 Å². The number of rotatable bonds is 6. The molecule has 0 fully saturated rings. The number of carbonyl (C=O) groups excluding carboxylic acids is 1. The van der Waals surface area contributed by atoms with Crippen LogP contribution in [0.4, 0.5) is 0 Å². The molecule has 106 valence electrons. The fourth-order valence-corrected chi connectivity index (χ4v) is 2.53. The standard InChI is InChI=1S/C15H17NO3S/c1-19-13-4-2-3-11(9-13)15(18)16-7-5-14(17)12-6-8-20-10-12/h2-4,6,8-10,14,17H,5,7H2,1H3,(H,16,18)/t14-/m1/s1. The molecule has 4 nitrogen and oxygen atoms in total. The van der Waals surface area contributed by atoms with Crippen molar-refractivity contribution >= 4 is 17.2 Å². The predicted molar refractivity (Wildman–Crippen MR) is 79.2 cm³/mol. The molecular weight excluding hydrogens is 274 g/mol. The van der Waals surface area contributed by atoms with E-state index in [0.29, 0.717) is 24.3 Å². The van der Waals surface area contributed by atoms with Crippen molar-refractivity contribution in [2.24, 2.45) is 0 Å². The number of aliphatic hydroxyl groups excluding tert-OH is 1. The lowest BCUT2D eigenvalue weighted by Crippen LogP contribution is -2.25. The van der Waals surface area contributed by atoms with Crippen LogP contribution in [0, 0.1) is 0 Å². The number of ether oxygens (including phenoxy) is 1. The van der Waals surface area contributed by atoms with Crippen molar-refractivity contribution in [3.05, 3.63) is 52.2 Å². The molecule has 1 aromatic carbocycles. The van der Waals surface area contributed by atoms with Crippen molar-refractivity contribution in [2.45, 2.75) is 12.5 Å². The third-order valence-electron chi connectivity index (χ3n) is 2.96. The monoisotopic (exact) mass is 291 g/mol. The molecule has 0 spiro atoms. The summed E-state index contributed by atoms with van der Waals surface area (Å²) in [6, 6.07) is 8.86. The number of nitrogens with one attached hydrogen (secondary N) is 1. The van der Waals surface area contributed by atoms with Crippen LogP contribution in [-0.4, -0.2) is 24.7 Å². The lowest BCUT2D eigenvalue weighted by Gasteiger charge is -2.10. The number of benzene rings is 1. The summed E-state index contributed by atoms with van der Waals surface area (Å²) in [5.41, 5.74) is 1.44.